The summed E-state index contributed by atoms with van der Waals surface area (Å²) in [5.74, 6) is 1.77. The largest absolute Gasteiger partial charge is 0.382 e. The van der Waals surface area contributed by atoms with E-state index in [0.717, 1.165) is 17.3 Å². The van der Waals surface area contributed by atoms with Crippen LogP contribution in [0, 0.1) is 5.92 Å². The Hall–Kier alpha value is -1.84. The standard InChI is InChI=1S/C15H20N4/c1-3-14(11-7-8-11)17-13-6-4-5-12(9-13)15-18-16-10-19(15)2/h4-6,9-11,14,17H,3,7-8H2,1-2H3. The highest BCUT2D eigenvalue weighted by molar-refractivity contribution is 5.62. The molecule has 1 unspecified atom stereocenters. The van der Waals surface area contributed by atoms with Gasteiger partial charge in [-0.25, -0.2) is 0 Å². The molecule has 4 nitrogen and oxygen atoms in total. The van der Waals surface area contributed by atoms with Crippen LogP contribution >= 0.6 is 0 Å². The molecule has 1 N–H and O–H groups in total. The fourth-order valence-corrected chi connectivity index (χ4v) is 2.56. The van der Waals surface area contributed by atoms with Crippen molar-refractivity contribution < 1.29 is 0 Å². The zero-order valence-electron chi connectivity index (χ0n) is 11.5. The summed E-state index contributed by atoms with van der Waals surface area (Å²) in [5, 5.41) is 11.7. The third-order valence-electron chi connectivity index (χ3n) is 3.82. The van der Waals surface area contributed by atoms with Gasteiger partial charge in [0.1, 0.15) is 6.33 Å². The second-order valence-electron chi connectivity index (χ2n) is 5.34. The first kappa shape index (κ1) is 12.2. The van der Waals surface area contributed by atoms with E-state index in [-0.39, 0.29) is 0 Å². The summed E-state index contributed by atoms with van der Waals surface area (Å²) in [6.07, 6.45) is 5.65. The Kier molecular flexibility index (Phi) is 3.23. The molecule has 0 radical (unpaired) electrons. The molecule has 100 valence electrons. The third kappa shape index (κ3) is 2.62. The van der Waals surface area contributed by atoms with Crippen molar-refractivity contribution in [3.05, 3.63) is 30.6 Å². The van der Waals surface area contributed by atoms with Gasteiger partial charge in [0, 0.05) is 24.3 Å². The zero-order valence-corrected chi connectivity index (χ0v) is 11.5. The molecule has 0 bridgehead atoms. The lowest BCUT2D eigenvalue weighted by molar-refractivity contribution is 0.616. The lowest BCUT2D eigenvalue weighted by Crippen LogP contribution is -2.20. The van der Waals surface area contributed by atoms with Gasteiger partial charge >= 0.3 is 0 Å². The molecular weight excluding hydrogens is 236 g/mol. The van der Waals surface area contributed by atoms with Crippen LogP contribution in [-0.2, 0) is 7.05 Å². The van der Waals surface area contributed by atoms with Gasteiger partial charge in [-0.2, -0.15) is 0 Å². The minimum Gasteiger partial charge on any atom is -0.382 e. The molecule has 1 fully saturated rings. The summed E-state index contributed by atoms with van der Waals surface area (Å²) in [5.41, 5.74) is 2.29. The Labute approximate surface area is 113 Å². The monoisotopic (exact) mass is 256 g/mol. The van der Waals surface area contributed by atoms with E-state index in [1.54, 1.807) is 6.33 Å². The molecule has 1 atom stereocenters. The van der Waals surface area contributed by atoms with Crippen LogP contribution < -0.4 is 5.32 Å². The predicted octanol–water partition coefficient (Wildman–Crippen LogP) is 3.08. The number of hydrogen-bond donors (Lipinski definition) is 1. The van der Waals surface area contributed by atoms with E-state index in [4.69, 9.17) is 0 Å². The maximum atomic E-state index is 4.16. The summed E-state index contributed by atoms with van der Waals surface area (Å²) >= 11 is 0. The molecule has 19 heavy (non-hydrogen) atoms. The summed E-state index contributed by atoms with van der Waals surface area (Å²) in [6.45, 7) is 2.25. The zero-order chi connectivity index (χ0) is 13.2. The Bertz CT molecular complexity index is 557. The summed E-state index contributed by atoms with van der Waals surface area (Å²) in [6, 6.07) is 9.05. The fourth-order valence-electron chi connectivity index (χ4n) is 2.56. The van der Waals surface area contributed by atoms with Crippen LogP contribution in [0.25, 0.3) is 11.4 Å². The normalized spacial score (nSPS) is 16.3. The van der Waals surface area contributed by atoms with Crippen molar-refractivity contribution >= 4 is 5.69 Å². The summed E-state index contributed by atoms with van der Waals surface area (Å²) in [4.78, 5) is 0. The summed E-state index contributed by atoms with van der Waals surface area (Å²) < 4.78 is 1.94. The maximum Gasteiger partial charge on any atom is 0.163 e. The Morgan fingerprint density at radius 1 is 1.42 bits per heavy atom. The fraction of sp³-hybridized carbons (Fsp3) is 0.467. The molecule has 1 aromatic heterocycles. The van der Waals surface area contributed by atoms with E-state index < -0.39 is 0 Å². The van der Waals surface area contributed by atoms with Crippen molar-refractivity contribution in [1.82, 2.24) is 14.8 Å². The molecule has 1 heterocycles. The van der Waals surface area contributed by atoms with Gasteiger partial charge in [0.15, 0.2) is 5.82 Å². The van der Waals surface area contributed by atoms with E-state index in [2.05, 4.69) is 46.7 Å². The first-order valence-electron chi connectivity index (χ1n) is 6.99. The van der Waals surface area contributed by atoms with Crippen LogP contribution in [0.1, 0.15) is 26.2 Å². The molecule has 1 saturated carbocycles. The Balaban J connectivity index is 1.81. The van der Waals surface area contributed by atoms with Crippen LogP contribution in [0.2, 0.25) is 0 Å². The first-order chi connectivity index (χ1) is 9.28. The van der Waals surface area contributed by atoms with Gasteiger partial charge in [0.2, 0.25) is 0 Å². The van der Waals surface area contributed by atoms with Gasteiger partial charge in [0.25, 0.3) is 0 Å². The molecular formula is C15H20N4. The van der Waals surface area contributed by atoms with Gasteiger partial charge < -0.3 is 9.88 Å². The number of benzene rings is 1. The number of rotatable bonds is 5. The summed E-state index contributed by atoms with van der Waals surface area (Å²) in [7, 11) is 1.97. The van der Waals surface area contributed by atoms with E-state index in [1.807, 2.05) is 11.6 Å². The lowest BCUT2D eigenvalue weighted by atomic mass is 10.1. The molecule has 0 aliphatic heterocycles. The minimum absolute atomic E-state index is 0.606. The second-order valence-corrected chi connectivity index (χ2v) is 5.34. The Morgan fingerprint density at radius 3 is 2.89 bits per heavy atom. The molecule has 3 rings (SSSR count). The predicted molar refractivity (Wildman–Crippen MR) is 76.9 cm³/mol. The molecule has 0 spiro atoms. The average molecular weight is 256 g/mol. The van der Waals surface area contributed by atoms with Crippen molar-refractivity contribution in [2.75, 3.05) is 5.32 Å². The first-order valence-corrected chi connectivity index (χ1v) is 6.99. The lowest BCUT2D eigenvalue weighted by Gasteiger charge is -2.18. The topological polar surface area (TPSA) is 42.7 Å². The Morgan fingerprint density at radius 2 is 2.26 bits per heavy atom. The highest BCUT2D eigenvalue weighted by Crippen LogP contribution is 2.35. The van der Waals surface area contributed by atoms with Crippen LogP contribution in [0.5, 0.6) is 0 Å². The number of aromatic nitrogens is 3. The minimum atomic E-state index is 0.606. The van der Waals surface area contributed by atoms with Gasteiger partial charge in [0.05, 0.1) is 0 Å². The van der Waals surface area contributed by atoms with Gasteiger partial charge in [-0.1, -0.05) is 19.1 Å². The van der Waals surface area contributed by atoms with Crippen LogP contribution in [0.15, 0.2) is 30.6 Å². The van der Waals surface area contributed by atoms with E-state index in [0.29, 0.717) is 6.04 Å². The molecule has 1 aromatic carbocycles. The second kappa shape index (κ2) is 5.03. The van der Waals surface area contributed by atoms with Crippen LogP contribution in [0.4, 0.5) is 5.69 Å². The quantitative estimate of drug-likeness (QED) is 0.894. The maximum absolute atomic E-state index is 4.16. The molecule has 1 aliphatic carbocycles. The molecule has 2 aromatic rings. The van der Waals surface area contributed by atoms with Crippen LogP contribution in [0.3, 0.4) is 0 Å². The highest BCUT2D eigenvalue weighted by Gasteiger charge is 2.29. The van der Waals surface area contributed by atoms with Crippen molar-refractivity contribution in [2.24, 2.45) is 13.0 Å². The number of hydrogen-bond acceptors (Lipinski definition) is 3. The SMILES string of the molecule is CCC(Nc1cccc(-c2nncn2C)c1)C1CC1. The van der Waals surface area contributed by atoms with Crippen molar-refractivity contribution in [2.45, 2.75) is 32.2 Å². The van der Waals surface area contributed by atoms with Crippen molar-refractivity contribution in [1.29, 1.82) is 0 Å². The van der Waals surface area contributed by atoms with Crippen molar-refractivity contribution in [3.63, 3.8) is 0 Å². The molecule has 0 saturated heterocycles. The van der Waals surface area contributed by atoms with Crippen molar-refractivity contribution in [3.8, 4) is 11.4 Å². The molecule has 0 amide bonds. The number of aryl methyl sites for hydroxylation is 1. The third-order valence-corrected chi connectivity index (χ3v) is 3.82. The number of nitrogens with one attached hydrogen (secondary N) is 1. The van der Waals surface area contributed by atoms with E-state index >= 15 is 0 Å². The van der Waals surface area contributed by atoms with Crippen LogP contribution in [-0.4, -0.2) is 20.8 Å². The van der Waals surface area contributed by atoms with E-state index in [1.165, 1.54) is 24.9 Å². The van der Waals surface area contributed by atoms with Gasteiger partial charge in [-0.15, -0.1) is 10.2 Å². The van der Waals surface area contributed by atoms with Gasteiger partial charge in [-0.3, -0.25) is 0 Å². The molecule has 4 heteroatoms. The van der Waals surface area contributed by atoms with E-state index in [9.17, 15) is 0 Å². The number of anilines is 1. The highest BCUT2D eigenvalue weighted by atomic mass is 15.2. The smallest absolute Gasteiger partial charge is 0.163 e. The molecule has 1 aliphatic rings. The number of nitrogens with zero attached hydrogens (tertiary/aromatic N) is 3. The van der Waals surface area contributed by atoms with Gasteiger partial charge in [-0.05, 0) is 37.3 Å². The average Bonchev–Trinajstić information content (AvgIpc) is 3.18.